The van der Waals surface area contributed by atoms with Gasteiger partial charge in [0.2, 0.25) is 0 Å². The lowest BCUT2D eigenvalue weighted by atomic mass is 10.2. The molecule has 0 aliphatic heterocycles. The molecule has 2 aromatic rings. The Balaban J connectivity index is 1.92. The molecule has 0 unspecified atom stereocenters. The third-order valence-electron chi connectivity index (χ3n) is 2.90. The average Bonchev–Trinajstić information content (AvgIpc) is 2.58. The van der Waals surface area contributed by atoms with Crippen LogP contribution in [-0.2, 0) is 9.63 Å². The molecule has 0 saturated carbocycles. The van der Waals surface area contributed by atoms with Crippen molar-refractivity contribution in [2.45, 2.75) is 6.36 Å². The first kappa shape index (κ1) is 19.3. The zero-order valence-corrected chi connectivity index (χ0v) is 13.8. The summed E-state index contributed by atoms with van der Waals surface area (Å²) in [5, 5.41) is 4.02. The van der Waals surface area contributed by atoms with Crippen LogP contribution in [0.1, 0.15) is 11.1 Å². The molecule has 0 heterocycles. The number of carbonyl (C=O) groups excluding carboxylic acids is 1. The van der Waals surface area contributed by atoms with E-state index in [4.69, 9.17) is 17.3 Å². The number of hydrogen-bond donors (Lipinski definition) is 1. The van der Waals surface area contributed by atoms with Crippen molar-refractivity contribution < 1.29 is 27.5 Å². The van der Waals surface area contributed by atoms with E-state index in [0.29, 0.717) is 16.1 Å². The van der Waals surface area contributed by atoms with Crippen LogP contribution in [0.15, 0.2) is 59.8 Å². The maximum absolute atomic E-state index is 12.1. The van der Waals surface area contributed by atoms with Gasteiger partial charge in [-0.25, -0.2) is 4.79 Å². The fourth-order valence-corrected chi connectivity index (χ4v) is 1.87. The van der Waals surface area contributed by atoms with Gasteiger partial charge in [0.25, 0.3) is 0 Å². The number of halogens is 4. The lowest BCUT2D eigenvalue weighted by molar-refractivity contribution is -0.274. The number of carbonyl (C=O) groups is 1. The van der Waals surface area contributed by atoms with Crippen molar-refractivity contribution in [3.05, 3.63) is 70.8 Å². The van der Waals surface area contributed by atoms with Gasteiger partial charge in [0, 0.05) is 16.7 Å². The van der Waals surface area contributed by atoms with Gasteiger partial charge in [-0.05, 0) is 48.0 Å². The highest BCUT2D eigenvalue weighted by Crippen LogP contribution is 2.23. The summed E-state index contributed by atoms with van der Waals surface area (Å²) in [6.45, 7) is 0. The minimum Gasteiger partial charge on any atom is -0.406 e. The second kappa shape index (κ2) is 8.39. The number of oxime groups is 1. The molecule has 2 rings (SSSR count). The molecular formula is C17H12ClF3N2O3. The van der Waals surface area contributed by atoms with E-state index in [-0.39, 0.29) is 11.6 Å². The number of nitrogens with two attached hydrogens (primary N) is 1. The molecule has 0 radical (unpaired) electrons. The van der Waals surface area contributed by atoms with Crippen molar-refractivity contribution in [1.29, 1.82) is 0 Å². The number of nitrogens with zero attached hydrogens (tertiary/aromatic N) is 1. The van der Waals surface area contributed by atoms with Gasteiger partial charge in [-0.1, -0.05) is 28.9 Å². The summed E-state index contributed by atoms with van der Waals surface area (Å²) in [5.74, 6) is -1.19. The molecule has 0 aliphatic carbocycles. The zero-order chi connectivity index (χ0) is 19.2. The standard InChI is InChI=1S/C17H12ClF3N2O3/c18-13-6-4-12(5-7-13)16(22)23-26-15(24)10-3-11-1-8-14(9-2-11)25-17(19,20)21/h1-10H,(H2,22,23)/b10-3+. The molecule has 0 saturated heterocycles. The fourth-order valence-electron chi connectivity index (χ4n) is 1.74. The lowest BCUT2D eigenvalue weighted by Gasteiger charge is -2.08. The highest BCUT2D eigenvalue weighted by molar-refractivity contribution is 6.30. The van der Waals surface area contributed by atoms with Gasteiger partial charge in [0.1, 0.15) is 5.75 Å². The van der Waals surface area contributed by atoms with Gasteiger partial charge in [0.15, 0.2) is 5.84 Å². The summed E-state index contributed by atoms with van der Waals surface area (Å²) in [6.07, 6.45) is -2.37. The summed E-state index contributed by atoms with van der Waals surface area (Å²) in [4.78, 5) is 16.2. The number of amidine groups is 1. The first-order valence-corrected chi connectivity index (χ1v) is 7.45. The van der Waals surface area contributed by atoms with E-state index < -0.39 is 12.3 Å². The molecule has 2 N–H and O–H groups in total. The zero-order valence-electron chi connectivity index (χ0n) is 13.0. The van der Waals surface area contributed by atoms with E-state index >= 15 is 0 Å². The molecule has 136 valence electrons. The van der Waals surface area contributed by atoms with Crippen LogP contribution in [0, 0.1) is 0 Å². The van der Waals surface area contributed by atoms with Crippen molar-refractivity contribution in [2.75, 3.05) is 0 Å². The van der Waals surface area contributed by atoms with Crippen molar-refractivity contribution in [1.82, 2.24) is 0 Å². The molecule has 0 atom stereocenters. The third-order valence-corrected chi connectivity index (χ3v) is 3.15. The molecule has 0 amide bonds. The molecule has 9 heteroatoms. The first-order valence-electron chi connectivity index (χ1n) is 7.07. The molecule has 0 spiro atoms. The predicted molar refractivity (Wildman–Crippen MR) is 90.4 cm³/mol. The van der Waals surface area contributed by atoms with Crippen LogP contribution in [-0.4, -0.2) is 18.2 Å². The summed E-state index contributed by atoms with van der Waals surface area (Å²) in [6, 6.07) is 11.3. The Labute approximate surface area is 151 Å². The molecule has 0 aliphatic rings. The van der Waals surface area contributed by atoms with Gasteiger partial charge >= 0.3 is 12.3 Å². The maximum atomic E-state index is 12.1. The minimum atomic E-state index is -4.76. The Morgan fingerprint density at radius 3 is 2.27 bits per heavy atom. The van der Waals surface area contributed by atoms with E-state index in [1.165, 1.54) is 18.2 Å². The number of ether oxygens (including phenoxy) is 1. The summed E-state index contributed by atoms with van der Waals surface area (Å²) >= 11 is 5.75. The number of benzene rings is 2. The van der Waals surface area contributed by atoms with Gasteiger partial charge in [-0.15, -0.1) is 13.2 Å². The maximum Gasteiger partial charge on any atom is 0.573 e. The number of rotatable bonds is 5. The van der Waals surface area contributed by atoms with Crippen LogP contribution in [0.5, 0.6) is 5.75 Å². The van der Waals surface area contributed by atoms with Crippen LogP contribution >= 0.6 is 11.6 Å². The van der Waals surface area contributed by atoms with E-state index in [2.05, 4.69) is 14.7 Å². The van der Waals surface area contributed by atoms with Crippen LogP contribution in [0.25, 0.3) is 6.08 Å². The molecule has 26 heavy (non-hydrogen) atoms. The third kappa shape index (κ3) is 6.48. The van der Waals surface area contributed by atoms with Gasteiger partial charge < -0.3 is 15.3 Å². The summed E-state index contributed by atoms with van der Waals surface area (Å²) < 4.78 is 39.9. The van der Waals surface area contributed by atoms with Crippen molar-refractivity contribution in [2.24, 2.45) is 10.9 Å². The fraction of sp³-hybridized carbons (Fsp3) is 0.0588. The van der Waals surface area contributed by atoms with Crippen molar-refractivity contribution >= 4 is 29.5 Å². The van der Waals surface area contributed by atoms with Crippen LogP contribution in [0.4, 0.5) is 13.2 Å². The van der Waals surface area contributed by atoms with Crippen LogP contribution in [0.3, 0.4) is 0 Å². The van der Waals surface area contributed by atoms with E-state index in [1.807, 2.05) is 0 Å². The second-order valence-corrected chi connectivity index (χ2v) is 5.28. The van der Waals surface area contributed by atoms with Crippen LogP contribution in [0.2, 0.25) is 5.02 Å². The molecule has 2 aromatic carbocycles. The largest absolute Gasteiger partial charge is 0.573 e. The smallest absolute Gasteiger partial charge is 0.406 e. The Morgan fingerprint density at radius 2 is 1.69 bits per heavy atom. The number of hydrogen-bond acceptors (Lipinski definition) is 4. The Kier molecular flexibility index (Phi) is 6.24. The monoisotopic (exact) mass is 384 g/mol. The van der Waals surface area contributed by atoms with Gasteiger partial charge in [-0.2, -0.15) is 0 Å². The molecule has 0 aromatic heterocycles. The quantitative estimate of drug-likeness (QED) is 0.277. The molecule has 5 nitrogen and oxygen atoms in total. The SMILES string of the molecule is N/C(=N/OC(=O)/C=C/c1ccc(OC(F)(F)F)cc1)c1ccc(Cl)cc1. The molecule has 0 bridgehead atoms. The highest BCUT2D eigenvalue weighted by atomic mass is 35.5. The minimum absolute atomic E-state index is 0.0166. The lowest BCUT2D eigenvalue weighted by Crippen LogP contribution is -2.16. The Hall–Kier alpha value is -3.00. The second-order valence-electron chi connectivity index (χ2n) is 4.84. The van der Waals surface area contributed by atoms with Gasteiger partial charge in [0.05, 0.1) is 0 Å². The Morgan fingerprint density at radius 1 is 1.08 bits per heavy atom. The first-order chi connectivity index (χ1) is 12.2. The van der Waals surface area contributed by atoms with Crippen molar-refractivity contribution in [3.8, 4) is 5.75 Å². The van der Waals surface area contributed by atoms with E-state index in [0.717, 1.165) is 18.2 Å². The normalized spacial score (nSPS) is 12.2. The van der Waals surface area contributed by atoms with Gasteiger partial charge in [-0.3, -0.25) is 0 Å². The predicted octanol–water partition coefficient (Wildman–Crippen LogP) is 4.12. The number of alkyl halides is 3. The molecule has 0 fully saturated rings. The van der Waals surface area contributed by atoms with Crippen molar-refractivity contribution in [3.63, 3.8) is 0 Å². The summed E-state index contributed by atoms with van der Waals surface area (Å²) in [7, 11) is 0. The topological polar surface area (TPSA) is 73.9 Å². The summed E-state index contributed by atoms with van der Waals surface area (Å²) in [5.41, 5.74) is 6.65. The highest BCUT2D eigenvalue weighted by Gasteiger charge is 2.30. The van der Waals surface area contributed by atoms with E-state index in [9.17, 15) is 18.0 Å². The van der Waals surface area contributed by atoms with Crippen LogP contribution < -0.4 is 10.5 Å². The average molecular weight is 385 g/mol. The molecular weight excluding hydrogens is 373 g/mol. The Bertz CT molecular complexity index is 817. The van der Waals surface area contributed by atoms with E-state index in [1.54, 1.807) is 24.3 Å².